The quantitative estimate of drug-likeness (QED) is 0.386. The summed E-state index contributed by atoms with van der Waals surface area (Å²) < 4.78 is 32.5. The number of amides is 3. The highest BCUT2D eigenvalue weighted by Crippen LogP contribution is 2.34. The standard InChI is InChI=1S/C23H20N4O6S3/c1-33-18-5-3-2-4-15(18)14-19-21(29)27(23(30)35-19)12-10-20(28)25-16-6-8-17(9-7-16)36(31,32)26-22-24-11-13-34-22/h2-9,11,13-14H,10,12H2,1H3,(H,24,26)(H,25,28). The summed E-state index contributed by atoms with van der Waals surface area (Å²) in [6.07, 6.45) is 2.95. The number of carbonyl (C=O) groups is 3. The minimum atomic E-state index is -3.81. The Balaban J connectivity index is 1.34. The van der Waals surface area contributed by atoms with E-state index in [-0.39, 0.29) is 27.9 Å². The number of thioether (sulfide) groups is 1. The van der Waals surface area contributed by atoms with Crippen LogP contribution in [0.1, 0.15) is 12.0 Å². The van der Waals surface area contributed by atoms with E-state index in [2.05, 4.69) is 15.0 Å². The summed E-state index contributed by atoms with van der Waals surface area (Å²) in [4.78, 5) is 42.6. The first-order valence-electron chi connectivity index (χ1n) is 10.5. The number of ether oxygens (including phenoxy) is 1. The topological polar surface area (TPSA) is 135 Å². The van der Waals surface area contributed by atoms with Crippen molar-refractivity contribution in [1.29, 1.82) is 0 Å². The summed E-state index contributed by atoms with van der Waals surface area (Å²) in [6.45, 7) is -0.0933. The molecule has 13 heteroatoms. The number of carbonyl (C=O) groups excluding carboxylic acids is 3. The molecule has 0 aliphatic carbocycles. The first-order chi connectivity index (χ1) is 17.3. The van der Waals surface area contributed by atoms with Crippen molar-refractivity contribution < 1.29 is 27.5 Å². The molecular weight excluding hydrogens is 524 g/mol. The van der Waals surface area contributed by atoms with Crippen LogP contribution in [0.2, 0.25) is 0 Å². The Kier molecular flexibility index (Phi) is 7.72. The number of aromatic nitrogens is 1. The van der Waals surface area contributed by atoms with E-state index in [0.29, 0.717) is 17.0 Å². The van der Waals surface area contributed by atoms with Crippen LogP contribution in [0.25, 0.3) is 6.08 Å². The predicted octanol–water partition coefficient (Wildman–Crippen LogP) is 4.02. The number of nitrogens with zero attached hydrogens (tertiary/aromatic N) is 2. The van der Waals surface area contributed by atoms with Gasteiger partial charge in [-0.05, 0) is 48.2 Å². The first kappa shape index (κ1) is 25.4. The van der Waals surface area contributed by atoms with Crippen LogP contribution in [0.5, 0.6) is 5.75 Å². The predicted molar refractivity (Wildman–Crippen MR) is 138 cm³/mol. The molecule has 0 atom stereocenters. The van der Waals surface area contributed by atoms with Crippen molar-refractivity contribution in [3.63, 3.8) is 0 Å². The van der Waals surface area contributed by atoms with Gasteiger partial charge in [0.1, 0.15) is 5.75 Å². The lowest BCUT2D eigenvalue weighted by atomic mass is 10.2. The van der Waals surface area contributed by atoms with Crippen molar-refractivity contribution in [2.24, 2.45) is 0 Å². The van der Waals surface area contributed by atoms with Gasteiger partial charge >= 0.3 is 0 Å². The molecule has 0 spiro atoms. The second kappa shape index (κ2) is 10.9. The molecular formula is C23H20N4O6S3. The van der Waals surface area contributed by atoms with Crippen LogP contribution in [0, 0.1) is 0 Å². The lowest BCUT2D eigenvalue weighted by Gasteiger charge is -2.12. The molecule has 1 aliphatic rings. The molecule has 2 N–H and O–H groups in total. The average molecular weight is 545 g/mol. The summed E-state index contributed by atoms with van der Waals surface area (Å²) in [6, 6.07) is 12.7. The number of anilines is 2. The molecule has 0 saturated carbocycles. The molecule has 4 rings (SSSR count). The highest BCUT2D eigenvalue weighted by Gasteiger charge is 2.35. The number of methoxy groups -OCH3 is 1. The molecule has 0 bridgehead atoms. The summed E-state index contributed by atoms with van der Waals surface area (Å²) in [5.74, 6) is -0.341. The fraction of sp³-hybridized carbons (Fsp3) is 0.130. The van der Waals surface area contributed by atoms with Gasteiger partial charge in [0.2, 0.25) is 5.91 Å². The highest BCUT2D eigenvalue weighted by molar-refractivity contribution is 8.18. The lowest BCUT2D eigenvalue weighted by molar-refractivity contribution is -0.123. The van der Waals surface area contributed by atoms with Gasteiger partial charge < -0.3 is 10.1 Å². The Morgan fingerprint density at radius 1 is 1.14 bits per heavy atom. The zero-order valence-corrected chi connectivity index (χ0v) is 21.3. The van der Waals surface area contributed by atoms with Gasteiger partial charge in [0.05, 0.1) is 16.9 Å². The SMILES string of the molecule is COc1ccccc1C=C1SC(=O)N(CCC(=O)Nc2ccc(S(=O)(=O)Nc3nccs3)cc2)C1=O. The van der Waals surface area contributed by atoms with Gasteiger partial charge in [0.25, 0.3) is 21.2 Å². The summed E-state index contributed by atoms with van der Waals surface area (Å²) in [7, 11) is -2.29. The zero-order valence-electron chi connectivity index (χ0n) is 18.8. The van der Waals surface area contributed by atoms with Crippen molar-refractivity contribution in [1.82, 2.24) is 9.88 Å². The van der Waals surface area contributed by atoms with Gasteiger partial charge in [-0.15, -0.1) is 11.3 Å². The summed E-state index contributed by atoms with van der Waals surface area (Å²) in [5.41, 5.74) is 1.04. The number of hydrogen-bond acceptors (Lipinski definition) is 9. The minimum Gasteiger partial charge on any atom is -0.496 e. The van der Waals surface area contributed by atoms with E-state index >= 15 is 0 Å². The number of sulfonamides is 1. The van der Waals surface area contributed by atoms with E-state index in [9.17, 15) is 22.8 Å². The van der Waals surface area contributed by atoms with E-state index in [0.717, 1.165) is 28.0 Å². The Bertz CT molecular complexity index is 1420. The average Bonchev–Trinajstić information content (AvgIpc) is 3.45. The van der Waals surface area contributed by atoms with Crippen LogP contribution in [0.4, 0.5) is 15.6 Å². The molecule has 0 radical (unpaired) electrons. The molecule has 1 saturated heterocycles. The number of para-hydroxylation sites is 1. The van der Waals surface area contributed by atoms with Crippen LogP contribution in [0.15, 0.2) is 69.9 Å². The van der Waals surface area contributed by atoms with Crippen LogP contribution in [-0.2, 0) is 19.6 Å². The number of rotatable bonds is 9. The maximum Gasteiger partial charge on any atom is 0.293 e. The zero-order chi connectivity index (χ0) is 25.7. The highest BCUT2D eigenvalue weighted by atomic mass is 32.2. The van der Waals surface area contributed by atoms with Crippen molar-refractivity contribution in [2.75, 3.05) is 23.7 Å². The van der Waals surface area contributed by atoms with Crippen LogP contribution in [0.3, 0.4) is 0 Å². The van der Waals surface area contributed by atoms with Crippen LogP contribution >= 0.6 is 23.1 Å². The fourth-order valence-corrected chi connectivity index (χ4v) is 5.87. The van der Waals surface area contributed by atoms with E-state index in [4.69, 9.17) is 4.74 Å². The number of benzene rings is 2. The van der Waals surface area contributed by atoms with Gasteiger partial charge in [0, 0.05) is 35.8 Å². The van der Waals surface area contributed by atoms with Gasteiger partial charge in [-0.1, -0.05) is 18.2 Å². The van der Waals surface area contributed by atoms with E-state index in [1.165, 1.54) is 37.6 Å². The van der Waals surface area contributed by atoms with Crippen molar-refractivity contribution in [2.45, 2.75) is 11.3 Å². The fourth-order valence-electron chi connectivity index (χ4n) is 3.22. The number of hydrogen-bond donors (Lipinski definition) is 2. The summed E-state index contributed by atoms with van der Waals surface area (Å²) in [5, 5.41) is 4.07. The van der Waals surface area contributed by atoms with Gasteiger partial charge in [-0.3, -0.25) is 24.0 Å². The first-order valence-corrected chi connectivity index (χ1v) is 13.7. The molecule has 186 valence electrons. The van der Waals surface area contributed by atoms with Crippen LogP contribution in [-0.4, -0.2) is 49.0 Å². The van der Waals surface area contributed by atoms with E-state index in [1.54, 1.807) is 35.7 Å². The minimum absolute atomic E-state index is 0.00958. The van der Waals surface area contributed by atoms with Crippen molar-refractivity contribution in [3.8, 4) is 5.75 Å². The monoisotopic (exact) mass is 544 g/mol. The second-order valence-electron chi connectivity index (χ2n) is 7.34. The number of thiazole rings is 1. The van der Waals surface area contributed by atoms with Gasteiger partial charge in [-0.25, -0.2) is 13.4 Å². The molecule has 1 aliphatic heterocycles. The van der Waals surface area contributed by atoms with E-state index in [1.807, 2.05) is 0 Å². The van der Waals surface area contributed by atoms with Gasteiger partial charge in [0.15, 0.2) is 5.13 Å². The maximum atomic E-state index is 12.7. The molecule has 3 aromatic rings. The third-order valence-electron chi connectivity index (χ3n) is 4.96. The largest absolute Gasteiger partial charge is 0.496 e. The Morgan fingerprint density at radius 2 is 1.89 bits per heavy atom. The number of nitrogens with one attached hydrogen (secondary N) is 2. The molecule has 3 amide bonds. The second-order valence-corrected chi connectivity index (χ2v) is 10.9. The van der Waals surface area contributed by atoms with Crippen molar-refractivity contribution in [3.05, 3.63) is 70.6 Å². The molecule has 2 heterocycles. The third-order valence-corrected chi connectivity index (χ3v) is 8.04. The van der Waals surface area contributed by atoms with Crippen LogP contribution < -0.4 is 14.8 Å². The normalized spacial score (nSPS) is 14.8. The lowest BCUT2D eigenvalue weighted by Crippen LogP contribution is -2.31. The van der Waals surface area contributed by atoms with Gasteiger partial charge in [-0.2, -0.15) is 0 Å². The number of imide groups is 1. The van der Waals surface area contributed by atoms with E-state index < -0.39 is 27.1 Å². The molecule has 2 aromatic carbocycles. The smallest absolute Gasteiger partial charge is 0.293 e. The molecule has 36 heavy (non-hydrogen) atoms. The third kappa shape index (κ3) is 5.93. The Hall–Kier alpha value is -3.68. The summed E-state index contributed by atoms with van der Waals surface area (Å²) >= 11 is 1.95. The molecule has 0 unspecified atom stereocenters. The molecule has 1 aromatic heterocycles. The molecule has 10 nitrogen and oxygen atoms in total. The Morgan fingerprint density at radius 3 is 2.58 bits per heavy atom. The Labute approximate surface area is 215 Å². The maximum absolute atomic E-state index is 12.7. The molecule has 1 fully saturated rings. The van der Waals surface area contributed by atoms with Crippen molar-refractivity contribution >= 4 is 67.1 Å².